The van der Waals surface area contributed by atoms with Crippen molar-refractivity contribution in [2.24, 2.45) is 0 Å². The Morgan fingerprint density at radius 3 is 2.43 bits per heavy atom. The number of carbonyl (C=O) groups excluding carboxylic acids is 2. The van der Waals surface area contributed by atoms with Crippen molar-refractivity contribution in [3.63, 3.8) is 0 Å². The first-order chi connectivity index (χ1) is 14.4. The van der Waals surface area contributed by atoms with Gasteiger partial charge in [0.2, 0.25) is 5.91 Å². The van der Waals surface area contributed by atoms with Gasteiger partial charge >= 0.3 is 0 Å². The lowest BCUT2D eigenvalue weighted by Gasteiger charge is -2.41. The maximum absolute atomic E-state index is 12.3. The number of hydrogen-bond donors (Lipinski definition) is 1. The van der Waals surface area contributed by atoms with Gasteiger partial charge in [-0.05, 0) is 62.1 Å². The molecule has 1 aliphatic heterocycles. The van der Waals surface area contributed by atoms with Gasteiger partial charge in [0.1, 0.15) is 5.75 Å². The summed E-state index contributed by atoms with van der Waals surface area (Å²) in [5.41, 5.74) is 3.33. The zero-order valence-corrected chi connectivity index (χ0v) is 18.2. The number of amides is 1. The number of ether oxygens (including phenoxy) is 1. The number of ketones is 1. The number of Topliss-reactive ketones (excluding diaryl/α,β-unsaturated/α-hetero) is 1. The molecule has 5 heteroatoms. The predicted molar refractivity (Wildman–Crippen MR) is 119 cm³/mol. The first-order valence-corrected chi connectivity index (χ1v) is 10.6. The Bertz CT molecular complexity index is 874. The lowest BCUT2D eigenvalue weighted by atomic mass is 9.94. The number of carbonyl (C=O) groups is 2. The third kappa shape index (κ3) is 5.70. The minimum atomic E-state index is -0.123. The van der Waals surface area contributed by atoms with Crippen LogP contribution in [0.15, 0.2) is 48.5 Å². The molecular weight excluding hydrogens is 376 g/mol. The molecule has 0 spiro atoms. The number of methoxy groups -OCH3 is 1. The Hall–Kier alpha value is -2.66. The fraction of sp³-hybridized carbons (Fsp3) is 0.440. The largest absolute Gasteiger partial charge is 0.497 e. The Morgan fingerprint density at radius 1 is 1.03 bits per heavy atom. The van der Waals surface area contributed by atoms with E-state index >= 15 is 0 Å². The third-order valence-electron chi connectivity index (χ3n) is 5.92. The van der Waals surface area contributed by atoms with Crippen LogP contribution in [0.4, 0.5) is 0 Å². The van der Waals surface area contributed by atoms with E-state index in [1.54, 1.807) is 31.4 Å². The van der Waals surface area contributed by atoms with Crippen molar-refractivity contribution in [3.05, 3.63) is 65.2 Å². The van der Waals surface area contributed by atoms with Crippen LogP contribution in [-0.4, -0.2) is 42.3 Å². The fourth-order valence-electron chi connectivity index (χ4n) is 3.86. The molecule has 2 aromatic carbocycles. The van der Waals surface area contributed by atoms with Gasteiger partial charge in [-0.2, -0.15) is 0 Å². The van der Waals surface area contributed by atoms with Gasteiger partial charge in [-0.1, -0.05) is 24.3 Å². The molecule has 0 saturated heterocycles. The highest BCUT2D eigenvalue weighted by Crippen LogP contribution is 2.25. The smallest absolute Gasteiger partial charge is 0.220 e. The van der Waals surface area contributed by atoms with Crippen LogP contribution >= 0.6 is 0 Å². The molecule has 0 saturated carbocycles. The number of hydrogen-bond acceptors (Lipinski definition) is 4. The molecule has 0 aromatic heterocycles. The van der Waals surface area contributed by atoms with Crippen LogP contribution in [0.25, 0.3) is 0 Å². The molecule has 1 N–H and O–H groups in total. The quantitative estimate of drug-likeness (QED) is 0.637. The molecule has 3 rings (SSSR count). The summed E-state index contributed by atoms with van der Waals surface area (Å²) in [5, 5.41) is 3.06. The van der Waals surface area contributed by atoms with Crippen molar-refractivity contribution in [2.45, 2.75) is 51.6 Å². The minimum Gasteiger partial charge on any atom is -0.497 e. The van der Waals surface area contributed by atoms with E-state index in [0.717, 1.165) is 25.3 Å². The monoisotopic (exact) mass is 408 g/mol. The fourth-order valence-corrected chi connectivity index (χ4v) is 3.86. The Morgan fingerprint density at radius 2 is 1.73 bits per heavy atom. The van der Waals surface area contributed by atoms with Crippen molar-refractivity contribution in [1.82, 2.24) is 10.2 Å². The van der Waals surface area contributed by atoms with E-state index in [9.17, 15) is 9.59 Å². The molecule has 160 valence electrons. The zero-order chi connectivity index (χ0) is 21.6. The number of nitrogens with one attached hydrogen (secondary N) is 1. The van der Waals surface area contributed by atoms with Gasteiger partial charge in [0.25, 0.3) is 0 Å². The Kier molecular flexibility index (Phi) is 7.27. The van der Waals surface area contributed by atoms with Gasteiger partial charge in [0.15, 0.2) is 5.78 Å². The SMILES string of the molecule is COc1ccc(C(=O)CCCC(=O)NCC(C)(C)N2CCc3ccccc3C2)cc1. The molecule has 0 bridgehead atoms. The minimum absolute atomic E-state index is 0.00279. The van der Waals surface area contributed by atoms with Crippen LogP contribution in [0.2, 0.25) is 0 Å². The number of rotatable bonds is 9. The van der Waals surface area contributed by atoms with Gasteiger partial charge < -0.3 is 10.1 Å². The van der Waals surface area contributed by atoms with E-state index in [4.69, 9.17) is 4.74 Å². The average Bonchev–Trinajstić information content (AvgIpc) is 2.77. The molecule has 5 nitrogen and oxygen atoms in total. The molecule has 1 aliphatic rings. The number of nitrogens with zero attached hydrogens (tertiary/aromatic N) is 1. The summed E-state index contributed by atoms with van der Waals surface area (Å²) in [4.78, 5) is 27.0. The van der Waals surface area contributed by atoms with Gasteiger partial charge in [0.05, 0.1) is 7.11 Å². The van der Waals surface area contributed by atoms with Crippen LogP contribution in [0.5, 0.6) is 5.75 Å². The highest BCUT2D eigenvalue weighted by molar-refractivity contribution is 5.96. The van der Waals surface area contributed by atoms with E-state index in [2.05, 4.69) is 48.3 Å². The first-order valence-electron chi connectivity index (χ1n) is 10.6. The predicted octanol–water partition coefficient (Wildman–Crippen LogP) is 4.00. The Balaban J connectivity index is 1.41. The van der Waals surface area contributed by atoms with E-state index in [1.807, 2.05) is 0 Å². The molecule has 0 unspecified atom stereocenters. The second-order valence-corrected chi connectivity index (χ2v) is 8.53. The second kappa shape index (κ2) is 9.90. The van der Waals surface area contributed by atoms with Crippen molar-refractivity contribution >= 4 is 11.7 Å². The highest BCUT2D eigenvalue weighted by Gasteiger charge is 2.30. The maximum Gasteiger partial charge on any atom is 0.220 e. The third-order valence-corrected chi connectivity index (χ3v) is 5.92. The molecule has 0 radical (unpaired) electrons. The maximum atomic E-state index is 12.3. The Labute approximate surface area is 179 Å². The molecule has 0 atom stereocenters. The van der Waals surface area contributed by atoms with Crippen LogP contribution < -0.4 is 10.1 Å². The van der Waals surface area contributed by atoms with Crippen molar-refractivity contribution in [3.8, 4) is 5.75 Å². The molecule has 2 aromatic rings. The molecule has 30 heavy (non-hydrogen) atoms. The second-order valence-electron chi connectivity index (χ2n) is 8.53. The van der Waals surface area contributed by atoms with Crippen LogP contribution in [0.3, 0.4) is 0 Å². The van der Waals surface area contributed by atoms with Crippen LogP contribution in [0.1, 0.15) is 54.6 Å². The highest BCUT2D eigenvalue weighted by atomic mass is 16.5. The van der Waals surface area contributed by atoms with Crippen molar-refractivity contribution < 1.29 is 14.3 Å². The molecule has 1 heterocycles. The molecule has 0 aliphatic carbocycles. The van der Waals surface area contributed by atoms with Gasteiger partial charge in [-0.25, -0.2) is 0 Å². The summed E-state index contributed by atoms with van der Waals surface area (Å²) < 4.78 is 5.11. The van der Waals surface area contributed by atoms with E-state index in [-0.39, 0.29) is 17.2 Å². The summed E-state index contributed by atoms with van der Waals surface area (Å²) >= 11 is 0. The topological polar surface area (TPSA) is 58.6 Å². The van der Waals surface area contributed by atoms with E-state index in [1.165, 1.54) is 11.1 Å². The van der Waals surface area contributed by atoms with E-state index < -0.39 is 0 Å². The first kappa shape index (κ1) is 22.0. The summed E-state index contributed by atoms with van der Waals surface area (Å²) in [6, 6.07) is 15.7. The zero-order valence-electron chi connectivity index (χ0n) is 18.2. The summed E-state index contributed by atoms with van der Waals surface area (Å²) in [6.07, 6.45) is 2.32. The van der Waals surface area contributed by atoms with Crippen LogP contribution in [-0.2, 0) is 17.8 Å². The van der Waals surface area contributed by atoms with Crippen LogP contribution in [0, 0.1) is 0 Å². The van der Waals surface area contributed by atoms with E-state index in [0.29, 0.717) is 31.4 Å². The summed E-state index contributed by atoms with van der Waals surface area (Å²) in [7, 11) is 1.60. The van der Waals surface area contributed by atoms with Gasteiger partial charge in [-0.15, -0.1) is 0 Å². The normalized spacial score (nSPS) is 14.1. The number of fused-ring (bicyclic) bond motifs is 1. The standard InChI is InChI=1S/C25H32N2O3/c1-25(2,27-16-15-19-7-4-5-8-21(19)17-27)18-26-24(29)10-6-9-23(28)20-11-13-22(30-3)14-12-20/h4-5,7-8,11-14H,6,9-10,15-18H2,1-3H3,(H,26,29). The van der Waals surface area contributed by atoms with Gasteiger partial charge in [-0.3, -0.25) is 14.5 Å². The van der Waals surface area contributed by atoms with Crippen molar-refractivity contribution in [2.75, 3.05) is 20.2 Å². The molecule has 1 amide bonds. The number of benzene rings is 2. The van der Waals surface area contributed by atoms with Crippen molar-refractivity contribution in [1.29, 1.82) is 0 Å². The summed E-state index contributed by atoms with van der Waals surface area (Å²) in [6.45, 7) is 6.86. The summed E-state index contributed by atoms with van der Waals surface area (Å²) in [5.74, 6) is 0.784. The lowest BCUT2D eigenvalue weighted by molar-refractivity contribution is -0.121. The van der Waals surface area contributed by atoms with Gasteiger partial charge in [0, 0.05) is 43.6 Å². The average molecular weight is 409 g/mol. The molecule has 0 fully saturated rings. The lowest BCUT2D eigenvalue weighted by Crippen LogP contribution is -2.53. The molecular formula is C25H32N2O3.